The molecule has 0 atom stereocenters. The number of fused-ring (bicyclic) bond motifs is 9. The van der Waals surface area contributed by atoms with Gasteiger partial charge in [0.15, 0.2) is 0 Å². The lowest BCUT2D eigenvalue weighted by molar-refractivity contribution is 0.658. The number of hydrogen-bond donors (Lipinski definition) is 0. The van der Waals surface area contributed by atoms with E-state index in [9.17, 15) is 0 Å². The maximum Gasteiger partial charge on any atom is 0.0894 e. The fraction of sp³-hybridized carbons (Fsp3) is 0.214. The summed E-state index contributed by atoms with van der Waals surface area (Å²) in [5, 5.41) is 0. The van der Waals surface area contributed by atoms with Gasteiger partial charge in [0.25, 0.3) is 0 Å². The third-order valence-corrected chi connectivity index (χ3v) is 10.9. The molecule has 3 aromatic heterocycles. The third-order valence-electron chi connectivity index (χ3n) is 10.9. The molecular formula is C42H35N3. The molecule has 3 aliphatic carbocycles. The van der Waals surface area contributed by atoms with E-state index < -0.39 is 0 Å². The van der Waals surface area contributed by atoms with Crippen LogP contribution in [0.25, 0.3) is 56.4 Å². The standard InChI is InChI=1S/C42H35N3/c1-40(2)28-13-9-7-11-25(28)37-31(40)17-20-34(43-37)24-15-16-30-27(23-24)39-33(42(30,5)6)19-22-36(45-39)35-21-18-32-38(44-35)26-12-8-10-14-29(26)41(32,3)4/h7-23H,1-6H3. The lowest BCUT2D eigenvalue weighted by atomic mass is 9.82. The van der Waals surface area contributed by atoms with Crippen molar-refractivity contribution in [2.24, 2.45) is 0 Å². The summed E-state index contributed by atoms with van der Waals surface area (Å²) in [5.41, 5.74) is 18.3. The lowest BCUT2D eigenvalue weighted by Crippen LogP contribution is -2.15. The Morgan fingerprint density at radius 3 is 1.24 bits per heavy atom. The summed E-state index contributed by atoms with van der Waals surface area (Å²) < 4.78 is 0. The van der Waals surface area contributed by atoms with Crippen LogP contribution in [-0.4, -0.2) is 15.0 Å². The lowest BCUT2D eigenvalue weighted by Gasteiger charge is -2.21. The highest BCUT2D eigenvalue weighted by Crippen LogP contribution is 2.52. The maximum atomic E-state index is 5.34. The number of aromatic nitrogens is 3. The van der Waals surface area contributed by atoms with Gasteiger partial charge < -0.3 is 0 Å². The van der Waals surface area contributed by atoms with Gasteiger partial charge in [-0.1, -0.05) is 120 Å². The van der Waals surface area contributed by atoms with Crippen molar-refractivity contribution >= 4 is 0 Å². The van der Waals surface area contributed by atoms with E-state index in [0.717, 1.165) is 39.7 Å². The van der Waals surface area contributed by atoms with Crippen molar-refractivity contribution in [1.82, 2.24) is 15.0 Å². The monoisotopic (exact) mass is 581 g/mol. The highest BCUT2D eigenvalue weighted by molar-refractivity contribution is 5.85. The van der Waals surface area contributed by atoms with Gasteiger partial charge in [-0.2, -0.15) is 0 Å². The average Bonchev–Trinajstić information content (AvgIpc) is 3.53. The topological polar surface area (TPSA) is 38.7 Å². The predicted octanol–water partition coefficient (Wildman–Crippen LogP) is 10.1. The molecule has 3 nitrogen and oxygen atoms in total. The van der Waals surface area contributed by atoms with Crippen molar-refractivity contribution in [2.45, 2.75) is 57.8 Å². The molecule has 3 aliphatic rings. The molecular weight excluding hydrogens is 546 g/mol. The molecule has 0 aliphatic heterocycles. The Hall–Kier alpha value is -4.89. The van der Waals surface area contributed by atoms with Gasteiger partial charge in [0.2, 0.25) is 0 Å². The molecule has 0 amide bonds. The van der Waals surface area contributed by atoms with Crippen LogP contribution in [0.1, 0.15) is 74.9 Å². The van der Waals surface area contributed by atoms with Crippen LogP contribution < -0.4 is 0 Å². The van der Waals surface area contributed by atoms with Crippen molar-refractivity contribution in [3.63, 3.8) is 0 Å². The molecule has 6 aromatic rings. The number of hydrogen-bond acceptors (Lipinski definition) is 3. The van der Waals surface area contributed by atoms with Crippen molar-refractivity contribution in [2.75, 3.05) is 0 Å². The second-order valence-electron chi connectivity index (χ2n) is 14.5. The largest absolute Gasteiger partial charge is 0.247 e. The van der Waals surface area contributed by atoms with Crippen LogP contribution in [0.2, 0.25) is 0 Å². The number of benzene rings is 3. The molecule has 3 aromatic carbocycles. The third kappa shape index (κ3) is 3.44. The van der Waals surface area contributed by atoms with Gasteiger partial charge in [-0.3, -0.25) is 0 Å². The van der Waals surface area contributed by atoms with E-state index >= 15 is 0 Å². The first-order valence-corrected chi connectivity index (χ1v) is 16.0. The van der Waals surface area contributed by atoms with Crippen LogP contribution in [0.4, 0.5) is 0 Å². The van der Waals surface area contributed by atoms with Crippen LogP contribution in [0, 0.1) is 0 Å². The smallest absolute Gasteiger partial charge is 0.0894 e. The van der Waals surface area contributed by atoms with Gasteiger partial charge in [0.1, 0.15) is 0 Å². The zero-order valence-corrected chi connectivity index (χ0v) is 26.7. The van der Waals surface area contributed by atoms with Crippen LogP contribution in [0.15, 0.2) is 103 Å². The Kier molecular flexibility index (Phi) is 5.09. The van der Waals surface area contributed by atoms with Crippen molar-refractivity contribution in [1.29, 1.82) is 0 Å². The fourth-order valence-corrected chi connectivity index (χ4v) is 8.30. The number of nitrogens with zero attached hydrogens (tertiary/aromatic N) is 3. The van der Waals surface area contributed by atoms with E-state index in [4.69, 9.17) is 15.0 Å². The Morgan fingerprint density at radius 1 is 0.356 bits per heavy atom. The zero-order valence-electron chi connectivity index (χ0n) is 26.7. The normalized spacial score (nSPS) is 16.8. The first kappa shape index (κ1) is 26.5. The van der Waals surface area contributed by atoms with Gasteiger partial charge in [-0.05, 0) is 57.6 Å². The summed E-state index contributed by atoms with van der Waals surface area (Å²) in [5.74, 6) is 0. The molecule has 9 rings (SSSR count). The van der Waals surface area contributed by atoms with Crippen molar-refractivity contribution in [3.05, 3.63) is 137 Å². The molecule has 0 fully saturated rings. The molecule has 3 heterocycles. The van der Waals surface area contributed by atoms with Crippen LogP contribution in [0.3, 0.4) is 0 Å². The van der Waals surface area contributed by atoms with Gasteiger partial charge in [0, 0.05) is 38.5 Å². The zero-order chi connectivity index (χ0) is 30.9. The van der Waals surface area contributed by atoms with Gasteiger partial charge >= 0.3 is 0 Å². The fourth-order valence-electron chi connectivity index (χ4n) is 8.30. The van der Waals surface area contributed by atoms with E-state index in [1.807, 2.05) is 0 Å². The first-order chi connectivity index (χ1) is 21.6. The van der Waals surface area contributed by atoms with E-state index in [1.54, 1.807) is 0 Å². The summed E-state index contributed by atoms with van der Waals surface area (Å²) in [6.45, 7) is 13.8. The molecule has 0 radical (unpaired) electrons. The molecule has 0 bridgehead atoms. The Balaban J connectivity index is 1.16. The van der Waals surface area contributed by atoms with Crippen molar-refractivity contribution in [3.8, 4) is 56.4 Å². The molecule has 0 saturated heterocycles. The second-order valence-corrected chi connectivity index (χ2v) is 14.5. The summed E-state index contributed by atoms with van der Waals surface area (Å²) in [7, 11) is 0. The van der Waals surface area contributed by atoms with Gasteiger partial charge in [-0.15, -0.1) is 0 Å². The Labute approximate surface area is 265 Å². The molecule has 0 spiro atoms. The van der Waals surface area contributed by atoms with Crippen LogP contribution in [0.5, 0.6) is 0 Å². The molecule has 218 valence electrons. The Morgan fingerprint density at radius 2 is 0.733 bits per heavy atom. The molecule has 0 unspecified atom stereocenters. The predicted molar refractivity (Wildman–Crippen MR) is 183 cm³/mol. The second kappa shape index (κ2) is 8.63. The average molecular weight is 582 g/mol. The van der Waals surface area contributed by atoms with E-state index in [1.165, 1.54) is 50.1 Å². The SMILES string of the molecule is CC1(C)c2ccccc2-c2nc(-c3ccc4c(c3)-c3nc(-c5ccc6c(n5)-c5ccccc5C6(C)C)ccc3C4(C)C)ccc21. The summed E-state index contributed by atoms with van der Waals surface area (Å²) >= 11 is 0. The highest BCUT2D eigenvalue weighted by Gasteiger charge is 2.39. The molecule has 0 N–H and O–H groups in total. The summed E-state index contributed by atoms with van der Waals surface area (Å²) in [6, 6.07) is 37.4. The minimum absolute atomic E-state index is 0.0535. The molecule has 0 saturated carbocycles. The van der Waals surface area contributed by atoms with Crippen LogP contribution >= 0.6 is 0 Å². The van der Waals surface area contributed by atoms with Crippen molar-refractivity contribution < 1.29 is 0 Å². The quantitative estimate of drug-likeness (QED) is 0.204. The first-order valence-electron chi connectivity index (χ1n) is 16.0. The van der Waals surface area contributed by atoms with Gasteiger partial charge in [0.05, 0.1) is 34.2 Å². The van der Waals surface area contributed by atoms with E-state index in [-0.39, 0.29) is 16.2 Å². The van der Waals surface area contributed by atoms with E-state index in [0.29, 0.717) is 0 Å². The molecule has 3 heteroatoms. The highest BCUT2D eigenvalue weighted by atomic mass is 14.8. The number of pyridine rings is 3. The Bertz CT molecular complexity index is 2090. The minimum atomic E-state index is -0.141. The van der Waals surface area contributed by atoms with E-state index in [2.05, 4.69) is 145 Å². The summed E-state index contributed by atoms with van der Waals surface area (Å²) in [6.07, 6.45) is 0. The summed E-state index contributed by atoms with van der Waals surface area (Å²) in [4.78, 5) is 15.8. The number of rotatable bonds is 2. The maximum absolute atomic E-state index is 5.34. The van der Waals surface area contributed by atoms with Gasteiger partial charge in [-0.25, -0.2) is 15.0 Å². The molecule has 45 heavy (non-hydrogen) atoms. The van der Waals surface area contributed by atoms with Crippen LogP contribution in [-0.2, 0) is 16.2 Å². The minimum Gasteiger partial charge on any atom is -0.247 e.